The molecule has 4 heterocycles. The Morgan fingerprint density at radius 1 is 1.07 bits per heavy atom. The number of halogens is 2. The third-order valence-corrected chi connectivity index (χ3v) is 7.89. The Kier molecular flexibility index (Phi) is 10.3. The number of rotatable bonds is 13. The maximum Gasteiger partial charge on any atom is 0.220 e. The van der Waals surface area contributed by atoms with Gasteiger partial charge in [0.25, 0.3) is 0 Å². The molecule has 1 aliphatic heterocycles. The maximum absolute atomic E-state index is 15.2. The first-order valence-corrected chi connectivity index (χ1v) is 14.8. The van der Waals surface area contributed by atoms with Crippen LogP contribution in [0.3, 0.4) is 0 Å². The molecule has 5 N–H and O–H groups in total. The number of carbonyl (C=O) groups is 1. The summed E-state index contributed by atoms with van der Waals surface area (Å²) in [5.41, 5.74) is 5.59. The number of nitrogens with one attached hydrogen (secondary N) is 4. The second-order valence-electron chi connectivity index (χ2n) is 10.5. The number of amides is 1. The number of hydrogen-bond acceptors (Lipinski definition) is 9. The van der Waals surface area contributed by atoms with Crippen LogP contribution in [0.1, 0.15) is 29.5 Å². The molecule has 3 aromatic heterocycles. The minimum absolute atomic E-state index is 0.0372. The van der Waals surface area contributed by atoms with Gasteiger partial charge in [0.15, 0.2) is 11.6 Å². The Balaban J connectivity index is 1.37. The van der Waals surface area contributed by atoms with Crippen molar-refractivity contribution in [2.24, 2.45) is 0 Å². The molecule has 0 radical (unpaired) electrons. The van der Waals surface area contributed by atoms with E-state index >= 15 is 4.39 Å². The van der Waals surface area contributed by atoms with E-state index in [0.717, 1.165) is 28.8 Å². The van der Waals surface area contributed by atoms with Crippen LogP contribution >= 0.6 is 11.6 Å². The Hall–Kier alpha value is -4.16. The molecule has 5 rings (SSSR count). The van der Waals surface area contributed by atoms with Crippen LogP contribution in [0.25, 0.3) is 22.5 Å². The highest BCUT2D eigenvalue weighted by molar-refractivity contribution is 6.36. The highest BCUT2D eigenvalue weighted by atomic mass is 35.5. The normalized spacial score (nSPS) is 14.5. The van der Waals surface area contributed by atoms with Gasteiger partial charge < -0.3 is 31.1 Å². The lowest BCUT2D eigenvalue weighted by atomic mass is 9.99. The first-order chi connectivity index (χ1) is 21.4. The lowest BCUT2D eigenvalue weighted by Crippen LogP contribution is -2.35. The molecule has 0 spiro atoms. The van der Waals surface area contributed by atoms with E-state index in [-0.39, 0.29) is 30.9 Å². The smallest absolute Gasteiger partial charge is 0.220 e. The molecular weight excluding hydrogens is 585 g/mol. The molecule has 0 bridgehead atoms. The number of methoxy groups -OCH3 is 1. The average Bonchev–Trinajstić information content (AvgIpc) is 3.45. The monoisotopic (exact) mass is 619 g/mol. The van der Waals surface area contributed by atoms with Crippen molar-refractivity contribution in [1.82, 2.24) is 30.9 Å². The number of benzene rings is 1. The third-order valence-electron chi connectivity index (χ3n) is 7.48. The lowest BCUT2D eigenvalue weighted by molar-refractivity contribution is -0.119. The van der Waals surface area contributed by atoms with Crippen molar-refractivity contribution in [3.05, 3.63) is 82.4 Å². The number of aliphatic hydroxyl groups excluding tert-OH is 1. The molecule has 1 amide bonds. The predicted molar refractivity (Wildman–Crippen MR) is 168 cm³/mol. The zero-order chi connectivity index (χ0) is 31.1. The summed E-state index contributed by atoms with van der Waals surface area (Å²) in [5, 5.41) is 21.7. The molecule has 1 fully saturated rings. The molecule has 1 saturated heterocycles. The summed E-state index contributed by atoms with van der Waals surface area (Å²) in [6, 6.07) is 13.0. The van der Waals surface area contributed by atoms with Crippen molar-refractivity contribution in [3.8, 4) is 28.4 Å². The highest BCUT2D eigenvalue weighted by Gasteiger charge is 2.21. The van der Waals surface area contributed by atoms with Crippen LogP contribution in [0, 0.1) is 12.7 Å². The second-order valence-corrected chi connectivity index (χ2v) is 10.8. The second kappa shape index (κ2) is 14.5. The van der Waals surface area contributed by atoms with Crippen molar-refractivity contribution < 1.29 is 19.0 Å². The van der Waals surface area contributed by atoms with Gasteiger partial charge in [0.2, 0.25) is 11.8 Å². The number of hydrogen-bond donors (Lipinski definition) is 5. The van der Waals surface area contributed by atoms with Crippen molar-refractivity contribution >= 4 is 29.0 Å². The van der Waals surface area contributed by atoms with Crippen molar-refractivity contribution in [3.63, 3.8) is 0 Å². The SMILES string of the molecule is COc1nc(-c2ccnc(-c3cccc(Nc4nccc(CNCCO)c4F)c3Cl)c2C)ccc1CNC[C@@H]1CCC(=O)N1. The van der Waals surface area contributed by atoms with Gasteiger partial charge in [-0.2, -0.15) is 0 Å². The molecular formula is C32H35ClFN7O3. The van der Waals surface area contributed by atoms with Crippen LogP contribution in [0.4, 0.5) is 15.9 Å². The molecule has 12 heteroatoms. The zero-order valence-electron chi connectivity index (χ0n) is 24.6. The molecule has 44 heavy (non-hydrogen) atoms. The summed E-state index contributed by atoms with van der Waals surface area (Å²) in [4.78, 5) is 25.0. The van der Waals surface area contributed by atoms with Crippen molar-refractivity contribution in [2.45, 2.75) is 38.9 Å². The summed E-state index contributed by atoms with van der Waals surface area (Å²) in [6.07, 6.45) is 4.63. The van der Waals surface area contributed by atoms with Crippen LogP contribution < -0.4 is 26.0 Å². The van der Waals surface area contributed by atoms with Crippen molar-refractivity contribution in [1.29, 1.82) is 0 Å². The van der Waals surface area contributed by atoms with Gasteiger partial charge in [0.1, 0.15) is 0 Å². The molecule has 0 saturated carbocycles. The fourth-order valence-electron chi connectivity index (χ4n) is 5.18. The fraction of sp³-hybridized carbons (Fsp3) is 0.312. The van der Waals surface area contributed by atoms with E-state index in [2.05, 4.69) is 31.2 Å². The van der Waals surface area contributed by atoms with Gasteiger partial charge in [0, 0.05) is 73.3 Å². The van der Waals surface area contributed by atoms with Gasteiger partial charge in [0.05, 0.1) is 35.8 Å². The largest absolute Gasteiger partial charge is 0.481 e. The van der Waals surface area contributed by atoms with E-state index in [1.165, 1.54) is 6.20 Å². The molecule has 4 aromatic rings. The molecule has 1 aromatic carbocycles. The van der Waals surface area contributed by atoms with Gasteiger partial charge >= 0.3 is 0 Å². The van der Waals surface area contributed by atoms with Gasteiger partial charge in [-0.15, -0.1) is 0 Å². The summed E-state index contributed by atoms with van der Waals surface area (Å²) in [5.74, 6) is 0.150. The third kappa shape index (κ3) is 7.13. The lowest BCUT2D eigenvalue weighted by Gasteiger charge is -2.16. The number of nitrogens with zero attached hydrogens (tertiary/aromatic N) is 3. The number of aromatic nitrogens is 3. The maximum atomic E-state index is 15.2. The fourth-order valence-corrected chi connectivity index (χ4v) is 5.44. The predicted octanol–water partition coefficient (Wildman–Crippen LogP) is 4.51. The number of anilines is 2. The van der Waals surface area contributed by atoms with E-state index in [4.69, 9.17) is 26.4 Å². The first kappa shape index (κ1) is 31.3. The Bertz CT molecular complexity index is 1640. The van der Waals surface area contributed by atoms with Crippen LogP contribution in [0.5, 0.6) is 5.88 Å². The number of ether oxygens (including phenoxy) is 1. The number of aliphatic hydroxyl groups is 1. The summed E-state index contributed by atoms with van der Waals surface area (Å²) in [6.45, 7) is 3.76. The van der Waals surface area contributed by atoms with E-state index in [1.807, 2.05) is 37.3 Å². The Morgan fingerprint density at radius 2 is 1.89 bits per heavy atom. The molecule has 0 unspecified atom stereocenters. The van der Waals surface area contributed by atoms with E-state index in [9.17, 15) is 4.79 Å². The molecule has 1 aliphatic rings. The first-order valence-electron chi connectivity index (χ1n) is 14.4. The molecule has 1 atom stereocenters. The van der Waals surface area contributed by atoms with Crippen LogP contribution in [-0.2, 0) is 17.9 Å². The average molecular weight is 620 g/mol. The Morgan fingerprint density at radius 3 is 2.66 bits per heavy atom. The zero-order valence-corrected chi connectivity index (χ0v) is 25.3. The van der Waals surface area contributed by atoms with Crippen LogP contribution in [0.2, 0.25) is 5.02 Å². The number of pyridine rings is 3. The Labute approximate surface area is 260 Å². The van der Waals surface area contributed by atoms with Gasteiger partial charge in [-0.25, -0.2) is 14.4 Å². The van der Waals surface area contributed by atoms with Crippen molar-refractivity contribution in [2.75, 3.05) is 32.1 Å². The number of carbonyl (C=O) groups excluding carboxylic acids is 1. The summed E-state index contributed by atoms with van der Waals surface area (Å²) in [7, 11) is 1.59. The minimum atomic E-state index is -0.500. The highest BCUT2D eigenvalue weighted by Crippen LogP contribution is 2.38. The van der Waals surface area contributed by atoms with Gasteiger partial charge in [-0.05, 0) is 43.2 Å². The van der Waals surface area contributed by atoms with Gasteiger partial charge in [-0.3, -0.25) is 9.78 Å². The van der Waals surface area contributed by atoms with E-state index in [1.54, 1.807) is 25.4 Å². The van der Waals surface area contributed by atoms with E-state index in [0.29, 0.717) is 59.5 Å². The van der Waals surface area contributed by atoms with Crippen LogP contribution in [0.15, 0.2) is 54.9 Å². The van der Waals surface area contributed by atoms with Crippen LogP contribution in [-0.4, -0.2) is 58.8 Å². The topological polar surface area (TPSA) is 133 Å². The quantitative estimate of drug-likeness (QED) is 0.137. The molecule has 230 valence electrons. The standard InChI is InChI=1S/C32H35ClFN7O3/c1-19-23(25-8-6-21(32(41-25)44-2)17-36-18-22-7-9-27(43)39-22)11-13-37-30(19)24-4-3-5-26(28(24)33)40-31-29(34)20(10-12-38-31)16-35-14-15-42/h3-6,8,10-13,22,35-36,42H,7,9,14-18H2,1-2H3,(H,38,40)(H,39,43)/t22-/m0/s1. The van der Waals surface area contributed by atoms with E-state index < -0.39 is 5.82 Å². The molecule has 0 aliphatic carbocycles. The summed E-state index contributed by atoms with van der Waals surface area (Å²) >= 11 is 6.87. The van der Waals surface area contributed by atoms with Gasteiger partial charge in [-0.1, -0.05) is 29.8 Å². The molecule has 10 nitrogen and oxygen atoms in total. The minimum Gasteiger partial charge on any atom is -0.481 e. The summed E-state index contributed by atoms with van der Waals surface area (Å²) < 4.78 is 20.8.